The molecule has 2 aliphatic heterocycles. The van der Waals surface area contributed by atoms with Gasteiger partial charge in [0.2, 0.25) is 5.91 Å². The molecule has 0 aromatic carbocycles. The molecule has 4 nitrogen and oxygen atoms in total. The second-order valence-electron chi connectivity index (χ2n) is 5.95. The molecule has 4 heteroatoms. The molecule has 1 atom stereocenters. The summed E-state index contributed by atoms with van der Waals surface area (Å²) < 4.78 is 0. The van der Waals surface area contributed by atoms with Gasteiger partial charge in [-0.05, 0) is 32.2 Å². The summed E-state index contributed by atoms with van der Waals surface area (Å²) in [6, 6.07) is 0.943. The molecular weight excluding hydrogens is 226 g/mol. The number of nitrogens with zero attached hydrogens (tertiary/aromatic N) is 2. The zero-order valence-electron chi connectivity index (χ0n) is 11.2. The first kappa shape index (κ1) is 12.4. The average Bonchev–Trinajstić information content (AvgIpc) is 3.25. The third kappa shape index (κ3) is 2.86. The Morgan fingerprint density at radius 1 is 0.944 bits per heavy atom. The fraction of sp³-hybridized carbons (Fsp3) is 0.929. The van der Waals surface area contributed by atoms with Crippen LogP contribution in [-0.2, 0) is 4.79 Å². The van der Waals surface area contributed by atoms with E-state index in [0.29, 0.717) is 5.91 Å². The van der Waals surface area contributed by atoms with E-state index in [2.05, 4.69) is 15.1 Å². The lowest BCUT2D eigenvalue weighted by Gasteiger charge is -2.36. The second-order valence-corrected chi connectivity index (χ2v) is 5.95. The molecule has 3 fully saturated rings. The van der Waals surface area contributed by atoms with E-state index in [4.69, 9.17) is 0 Å². The largest absolute Gasteiger partial charge is 0.339 e. The van der Waals surface area contributed by atoms with Gasteiger partial charge in [0.15, 0.2) is 0 Å². The van der Waals surface area contributed by atoms with Gasteiger partial charge in [-0.15, -0.1) is 0 Å². The summed E-state index contributed by atoms with van der Waals surface area (Å²) in [4.78, 5) is 17.1. The minimum absolute atomic E-state index is 0.0972. The van der Waals surface area contributed by atoms with E-state index < -0.39 is 0 Å². The number of nitrogens with one attached hydrogen (secondary N) is 1. The summed E-state index contributed by atoms with van der Waals surface area (Å²) in [6.07, 6.45) is 7.47. The van der Waals surface area contributed by atoms with E-state index in [-0.39, 0.29) is 6.04 Å². The predicted octanol–water partition coefficient (Wildman–Crippen LogP) is 0.825. The highest BCUT2D eigenvalue weighted by Crippen LogP contribution is 2.27. The molecule has 102 valence electrons. The van der Waals surface area contributed by atoms with Crippen molar-refractivity contribution in [3.8, 4) is 0 Å². The van der Waals surface area contributed by atoms with E-state index >= 15 is 0 Å². The Kier molecular flexibility index (Phi) is 3.85. The highest BCUT2D eigenvalue weighted by atomic mass is 16.2. The number of hydrogen-bond acceptors (Lipinski definition) is 3. The Morgan fingerprint density at radius 3 is 2.44 bits per heavy atom. The molecule has 0 aromatic rings. The van der Waals surface area contributed by atoms with Crippen LogP contribution in [0.5, 0.6) is 0 Å². The first-order valence-corrected chi connectivity index (χ1v) is 7.61. The van der Waals surface area contributed by atoms with Gasteiger partial charge in [-0.1, -0.05) is 12.8 Å². The van der Waals surface area contributed by atoms with Crippen LogP contribution in [0.2, 0.25) is 0 Å². The lowest BCUT2D eigenvalue weighted by atomic mass is 10.1. The van der Waals surface area contributed by atoms with Gasteiger partial charge < -0.3 is 10.2 Å². The summed E-state index contributed by atoms with van der Waals surface area (Å²) in [5.41, 5.74) is 0. The molecule has 2 heterocycles. The molecule has 3 aliphatic rings. The smallest absolute Gasteiger partial charge is 0.239 e. The van der Waals surface area contributed by atoms with E-state index in [0.717, 1.165) is 45.2 Å². The summed E-state index contributed by atoms with van der Waals surface area (Å²) in [5.74, 6) is 0.354. The van der Waals surface area contributed by atoms with Crippen molar-refractivity contribution in [1.29, 1.82) is 0 Å². The van der Waals surface area contributed by atoms with Crippen LogP contribution in [-0.4, -0.2) is 60.5 Å². The summed E-state index contributed by atoms with van der Waals surface area (Å²) in [7, 11) is 0. The Labute approximate surface area is 110 Å². The number of hydrogen-bond donors (Lipinski definition) is 1. The number of carbonyl (C=O) groups excluding carboxylic acids is 1. The molecule has 18 heavy (non-hydrogen) atoms. The molecule has 0 aromatic heterocycles. The lowest BCUT2D eigenvalue weighted by molar-refractivity contribution is -0.135. The van der Waals surface area contributed by atoms with Crippen molar-refractivity contribution in [2.45, 2.75) is 50.6 Å². The molecule has 1 N–H and O–H groups in total. The van der Waals surface area contributed by atoms with Crippen LogP contribution >= 0.6 is 0 Å². The van der Waals surface area contributed by atoms with Gasteiger partial charge in [-0.25, -0.2) is 0 Å². The zero-order chi connectivity index (χ0) is 12.4. The fourth-order valence-electron chi connectivity index (χ4n) is 3.21. The van der Waals surface area contributed by atoms with Crippen molar-refractivity contribution >= 4 is 5.91 Å². The highest BCUT2D eigenvalue weighted by molar-refractivity contribution is 5.82. The Morgan fingerprint density at radius 2 is 1.72 bits per heavy atom. The maximum Gasteiger partial charge on any atom is 0.239 e. The van der Waals surface area contributed by atoms with Gasteiger partial charge in [0.1, 0.15) is 0 Å². The molecular formula is C14H25N3O. The highest BCUT2D eigenvalue weighted by Gasteiger charge is 2.33. The lowest BCUT2D eigenvalue weighted by Crippen LogP contribution is -2.54. The minimum atomic E-state index is 0.0972. The van der Waals surface area contributed by atoms with Crippen LogP contribution in [0.25, 0.3) is 0 Å². The van der Waals surface area contributed by atoms with E-state index in [1.807, 2.05) is 0 Å². The Hall–Kier alpha value is -0.610. The number of rotatable bonds is 2. The normalized spacial score (nSPS) is 31.1. The van der Waals surface area contributed by atoms with Gasteiger partial charge in [0.25, 0.3) is 0 Å². The van der Waals surface area contributed by atoms with Crippen molar-refractivity contribution in [3.05, 3.63) is 0 Å². The van der Waals surface area contributed by atoms with Gasteiger partial charge in [0.05, 0.1) is 6.04 Å². The summed E-state index contributed by atoms with van der Waals surface area (Å²) >= 11 is 0. The van der Waals surface area contributed by atoms with Crippen LogP contribution in [0.1, 0.15) is 38.5 Å². The molecule has 1 amide bonds. The van der Waals surface area contributed by atoms with Gasteiger partial charge in [0, 0.05) is 32.2 Å². The summed E-state index contributed by atoms with van der Waals surface area (Å²) in [6.45, 7) is 5.06. The van der Waals surface area contributed by atoms with Gasteiger partial charge in [-0.2, -0.15) is 0 Å². The quantitative estimate of drug-likeness (QED) is 0.789. The monoisotopic (exact) mass is 251 g/mol. The first-order chi connectivity index (χ1) is 8.84. The van der Waals surface area contributed by atoms with Gasteiger partial charge >= 0.3 is 0 Å². The SMILES string of the molecule is O=C(C1CCCCCN1)N1CCN(C2CC2)CC1. The van der Waals surface area contributed by atoms with E-state index in [1.165, 1.54) is 32.1 Å². The van der Waals surface area contributed by atoms with Crippen molar-refractivity contribution in [2.24, 2.45) is 0 Å². The molecule has 1 unspecified atom stereocenters. The molecule has 3 rings (SSSR count). The fourth-order valence-corrected chi connectivity index (χ4v) is 3.21. The van der Waals surface area contributed by atoms with Crippen molar-refractivity contribution in [1.82, 2.24) is 15.1 Å². The van der Waals surface area contributed by atoms with E-state index in [1.54, 1.807) is 0 Å². The minimum Gasteiger partial charge on any atom is -0.339 e. The maximum atomic E-state index is 12.4. The van der Waals surface area contributed by atoms with Crippen LogP contribution in [0.15, 0.2) is 0 Å². The van der Waals surface area contributed by atoms with Crippen LogP contribution < -0.4 is 5.32 Å². The molecule has 0 spiro atoms. The Bertz CT molecular complexity index is 287. The first-order valence-electron chi connectivity index (χ1n) is 7.61. The van der Waals surface area contributed by atoms with E-state index in [9.17, 15) is 4.79 Å². The van der Waals surface area contributed by atoms with Crippen molar-refractivity contribution in [3.63, 3.8) is 0 Å². The summed E-state index contributed by atoms with van der Waals surface area (Å²) in [5, 5.41) is 3.42. The molecule has 0 radical (unpaired) electrons. The van der Waals surface area contributed by atoms with Crippen LogP contribution in [0.3, 0.4) is 0 Å². The maximum absolute atomic E-state index is 12.4. The third-order valence-electron chi connectivity index (χ3n) is 4.55. The molecule has 0 bridgehead atoms. The number of piperazine rings is 1. The van der Waals surface area contributed by atoms with Crippen molar-refractivity contribution < 1.29 is 4.79 Å². The zero-order valence-corrected chi connectivity index (χ0v) is 11.2. The Balaban J connectivity index is 1.49. The molecule has 1 saturated carbocycles. The topological polar surface area (TPSA) is 35.6 Å². The molecule has 2 saturated heterocycles. The predicted molar refractivity (Wildman–Crippen MR) is 71.4 cm³/mol. The average molecular weight is 251 g/mol. The van der Waals surface area contributed by atoms with Gasteiger partial charge in [-0.3, -0.25) is 9.69 Å². The third-order valence-corrected chi connectivity index (χ3v) is 4.55. The van der Waals surface area contributed by atoms with Crippen molar-refractivity contribution in [2.75, 3.05) is 32.7 Å². The standard InChI is InChI=1S/C14H25N3O/c18-14(13-4-2-1-3-7-15-13)17-10-8-16(9-11-17)12-5-6-12/h12-13,15H,1-11H2. The van der Waals surface area contributed by atoms with Crippen LogP contribution in [0.4, 0.5) is 0 Å². The number of carbonyl (C=O) groups is 1. The number of amides is 1. The second kappa shape index (κ2) is 5.57. The molecule has 1 aliphatic carbocycles. The van der Waals surface area contributed by atoms with Crippen LogP contribution in [0, 0.1) is 0 Å².